The van der Waals surface area contributed by atoms with Gasteiger partial charge in [-0.25, -0.2) is 0 Å². The fourth-order valence-corrected chi connectivity index (χ4v) is 4.25. The van der Waals surface area contributed by atoms with Crippen LogP contribution < -0.4 is 5.32 Å². The molecule has 0 amide bonds. The molecule has 24 heavy (non-hydrogen) atoms. The summed E-state index contributed by atoms with van der Waals surface area (Å²) < 4.78 is 11.9. The van der Waals surface area contributed by atoms with E-state index in [1.165, 1.54) is 0 Å². The standard InChI is InChI=1S/C18H35N3O2S/c1-17(2,3)23-15-6-10-21(11-7-15)16(19-4)20-14-18(24-5)8-12-22-13-9-18/h15H,6-14H2,1-5H3,(H,19,20). The number of piperidine rings is 1. The highest BCUT2D eigenvalue weighted by Crippen LogP contribution is 2.33. The van der Waals surface area contributed by atoms with Gasteiger partial charge in [-0.05, 0) is 52.7 Å². The largest absolute Gasteiger partial charge is 0.381 e. The van der Waals surface area contributed by atoms with Crippen molar-refractivity contribution >= 4 is 17.7 Å². The average Bonchev–Trinajstić information content (AvgIpc) is 2.56. The SMILES string of the molecule is CN=C(NCC1(SC)CCOCC1)N1CCC(OC(C)(C)C)CC1. The lowest BCUT2D eigenvalue weighted by Gasteiger charge is -2.39. The molecule has 140 valence electrons. The van der Waals surface area contributed by atoms with Crippen LogP contribution in [0.25, 0.3) is 0 Å². The van der Waals surface area contributed by atoms with E-state index in [2.05, 4.69) is 42.2 Å². The minimum atomic E-state index is -0.0550. The molecule has 2 aliphatic rings. The Morgan fingerprint density at radius 2 is 1.92 bits per heavy atom. The summed E-state index contributed by atoms with van der Waals surface area (Å²) >= 11 is 1.96. The zero-order chi connectivity index (χ0) is 17.6. The highest BCUT2D eigenvalue weighted by molar-refractivity contribution is 8.00. The van der Waals surface area contributed by atoms with E-state index >= 15 is 0 Å². The molecule has 0 bridgehead atoms. The number of rotatable bonds is 4. The summed E-state index contributed by atoms with van der Waals surface area (Å²) in [6, 6.07) is 0. The zero-order valence-corrected chi connectivity index (χ0v) is 16.9. The van der Waals surface area contributed by atoms with E-state index in [-0.39, 0.29) is 10.3 Å². The third-order valence-electron chi connectivity index (χ3n) is 4.88. The predicted molar refractivity (Wildman–Crippen MR) is 103 cm³/mol. The molecule has 2 heterocycles. The summed E-state index contributed by atoms with van der Waals surface area (Å²) in [6.07, 6.45) is 6.94. The van der Waals surface area contributed by atoms with Crippen molar-refractivity contribution in [2.45, 2.75) is 62.9 Å². The van der Waals surface area contributed by atoms with Crippen molar-refractivity contribution < 1.29 is 9.47 Å². The van der Waals surface area contributed by atoms with E-state index in [4.69, 9.17) is 9.47 Å². The second-order valence-corrected chi connectivity index (χ2v) is 9.09. The van der Waals surface area contributed by atoms with Crippen molar-refractivity contribution in [2.24, 2.45) is 4.99 Å². The quantitative estimate of drug-likeness (QED) is 0.619. The fraction of sp³-hybridized carbons (Fsp3) is 0.944. The molecule has 0 aromatic heterocycles. The molecule has 0 radical (unpaired) electrons. The summed E-state index contributed by atoms with van der Waals surface area (Å²) in [4.78, 5) is 6.88. The number of guanidine groups is 1. The number of thioether (sulfide) groups is 1. The van der Waals surface area contributed by atoms with E-state index in [0.717, 1.165) is 64.5 Å². The van der Waals surface area contributed by atoms with Crippen LogP contribution in [0.3, 0.4) is 0 Å². The monoisotopic (exact) mass is 357 g/mol. The van der Waals surface area contributed by atoms with Gasteiger partial charge in [0.2, 0.25) is 0 Å². The first-order chi connectivity index (χ1) is 11.4. The van der Waals surface area contributed by atoms with Crippen LogP contribution in [0.15, 0.2) is 4.99 Å². The molecule has 0 aromatic rings. The number of hydrogen-bond acceptors (Lipinski definition) is 4. The average molecular weight is 358 g/mol. The molecular formula is C18H35N3O2S. The second kappa shape index (κ2) is 8.77. The smallest absolute Gasteiger partial charge is 0.193 e. The molecule has 0 aliphatic carbocycles. The van der Waals surface area contributed by atoms with Crippen LogP contribution in [-0.2, 0) is 9.47 Å². The van der Waals surface area contributed by atoms with E-state index in [1.54, 1.807) is 0 Å². The minimum absolute atomic E-state index is 0.0550. The highest BCUT2D eigenvalue weighted by Gasteiger charge is 2.33. The van der Waals surface area contributed by atoms with Gasteiger partial charge in [-0.2, -0.15) is 11.8 Å². The maximum Gasteiger partial charge on any atom is 0.193 e. The first kappa shape index (κ1) is 19.9. The Hall–Kier alpha value is -0.460. The minimum Gasteiger partial charge on any atom is -0.381 e. The molecule has 2 aliphatic heterocycles. The lowest BCUT2D eigenvalue weighted by Crippen LogP contribution is -2.52. The maximum atomic E-state index is 6.12. The van der Waals surface area contributed by atoms with Crippen LogP contribution in [0.1, 0.15) is 46.5 Å². The first-order valence-corrected chi connectivity index (χ1v) is 10.4. The van der Waals surface area contributed by atoms with Gasteiger partial charge in [0.25, 0.3) is 0 Å². The molecule has 5 nitrogen and oxygen atoms in total. The van der Waals surface area contributed by atoms with Crippen LogP contribution in [0.4, 0.5) is 0 Å². The molecule has 2 rings (SSSR count). The normalized spacial score (nSPS) is 23.4. The molecule has 1 N–H and O–H groups in total. The summed E-state index contributed by atoms with van der Waals surface area (Å²) in [5.74, 6) is 1.03. The Morgan fingerprint density at radius 1 is 1.29 bits per heavy atom. The predicted octanol–water partition coefficient (Wildman–Crippen LogP) is 2.75. The maximum absolute atomic E-state index is 6.12. The van der Waals surface area contributed by atoms with Gasteiger partial charge >= 0.3 is 0 Å². The number of nitrogens with zero attached hydrogens (tertiary/aromatic N) is 2. The van der Waals surface area contributed by atoms with Crippen molar-refractivity contribution in [1.82, 2.24) is 10.2 Å². The van der Waals surface area contributed by atoms with E-state index in [9.17, 15) is 0 Å². The van der Waals surface area contributed by atoms with E-state index < -0.39 is 0 Å². The highest BCUT2D eigenvalue weighted by atomic mass is 32.2. The van der Waals surface area contributed by atoms with Gasteiger partial charge in [0, 0.05) is 44.6 Å². The van der Waals surface area contributed by atoms with Crippen molar-refractivity contribution in [3.63, 3.8) is 0 Å². The zero-order valence-electron chi connectivity index (χ0n) is 16.1. The van der Waals surface area contributed by atoms with Crippen molar-refractivity contribution in [2.75, 3.05) is 46.2 Å². The molecule has 2 saturated heterocycles. The first-order valence-electron chi connectivity index (χ1n) is 9.14. The van der Waals surface area contributed by atoms with Crippen molar-refractivity contribution in [3.05, 3.63) is 0 Å². The fourth-order valence-electron chi connectivity index (χ4n) is 3.45. The summed E-state index contributed by atoms with van der Waals surface area (Å²) in [7, 11) is 1.88. The lowest BCUT2D eigenvalue weighted by atomic mass is 9.99. The molecule has 0 spiro atoms. The van der Waals surface area contributed by atoms with Gasteiger partial charge in [-0.1, -0.05) is 0 Å². The Kier molecular flexibility index (Phi) is 7.25. The summed E-state index contributed by atoms with van der Waals surface area (Å²) in [5.41, 5.74) is -0.0550. The third-order valence-corrected chi connectivity index (χ3v) is 6.30. The number of hydrogen-bond donors (Lipinski definition) is 1. The topological polar surface area (TPSA) is 46.1 Å². The number of aliphatic imine (C=N–C) groups is 1. The molecule has 0 saturated carbocycles. The van der Waals surface area contributed by atoms with Crippen LogP contribution in [-0.4, -0.2) is 73.5 Å². The van der Waals surface area contributed by atoms with Gasteiger partial charge in [-0.15, -0.1) is 0 Å². The van der Waals surface area contributed by atoms with Crippen molar-refractivity contribution in [3.8, 4) is 0 Å². The molecule has 0 aromatic carbocycles. The van der Waals surface area contributed by atoms with Gasteiger partial charge in [0.05, 0.1) is 11.7 Å². The Labute approximate surface area is 151 Å². The lowest BCUT2D eigenvalue weighted by molar-refractivity contribution is -0.0773. The molecule has 0 atom stereocenters. The van der Waals surface area contributed by atoms with Gasteiger partial charge < -0.3 is 19.7 Å². The number of nitrogens with one attached hydrogen (secondary N) is 1. The van der Waals surface area contributed by atoms with E-state index in [1.807, 2.05) is 18.8 Å². The van der Waals surface area contributed by atoms with Crippen LogP contribution in [0.5, 0.6) is 0 Å². The van der Waals surface area contributed by atoms with Gasteiger partial charge in [-0.3, -0.25) is 4.99 Å². The molecule has 0 unspecified atom stereocenters. The number of likely N-dealkylation sites (tertiary alicyclic amines) is 1. The Balaban J connectivity index is 1.82. The van der Waals surface area contributed by atoms with Crippen LogP contribution in [0.2, 0.25) is 0 Å². The Bertz CT molecular complexity index is 409. The van der Waals surface area contributed by atoms with Gasteiger partial charge in [0.1, 0.15) is 0 Å². The van der Waals surface area contributed by atoms with Crippen LogP contribution in [0, 0.1) is 0 Å². The van der Waals surface area contributed by atoms with Crippen molar-refractivity contribution in [1.29, 1.82) is 0 Å². The molecular weight excluding hydrogens is 322 g/mol. The third kappa shape index (κ3) is 5.81. The summed E-state index contributed by atoms with van der Waals surface area (Å²) in [5, 5.41) is 3.62. The van der Waals surface area contributed by atoms with Crippen LogP contribution >= 0.6 is 11.8 Å². The van der Waals surface area contributed by atoms with E-state index in [0.29, 0.717) is 6.10 Å². The second-order valence-electron chi connectivity index (χ2n) is 7.82. The molecule has 6 heteroatoms. The molecule has 2 fully saturated rings. The summed E-state index contributed by atoms with van der Waals surface area (Å²) in [6.45, 7) is 11.1. The Morgan fingerprint density at radius 3 is 2.42 bits per heavy atom. The number of ether oxygens (including phenoxy) is 2. The van der Waals surface area contributed by atoms with Gasteiger partial charge in [0.15, 0.2) is 5.96 Å².